The molecule has 1 saturated heterocycles. The predicted molar refractivity (Wildman–Crippen MR) is 128 cm³/mol. The van der Waals surface area contributed by atoms with Crippen molar-refractivity contribution >= 4 is 21.8 Å². The van der Waals surface area contributed by atoms with E-state index in [1.54, 1.807) is 12.1 Å². The van der Waals surface area contributed by atoms with Crippen LogP contribution in [0.15, 0.2) is 66.1 Å². The van der Waals surface area contributed by atoms with Crippen LogP contribution in [0.3, 0.4) is 0 Å². The Balaban J connectivity index is 1.51. The Morgan fingerprint density at radius 2 is 1.79 bits per heavy atom. The average Bonchev–Trinajstić information content (AvgIpc) is 2.83. The Bertz CT molecular complexity index is 1090. The Kier molecular flexibility index (Phi) is 8.41. The monoisotopic (exact) mass is 469 g/mol. The second-order valence-electron chi connectivity index (χ2n) is 8.32. The summed E-state index contributed by atoms with van der Waals surface area (Å²) < 4.78 is 27.4. The summed E-state index contributed by atoms with van der Waals surface area (Å²) in [6.07, 6.45) is 3.32. The number of nitrogens with zero attached hydrogens (tertiary/aromatic N) is 1. The van der Waals surface area contributed by atoms with Gasteiger partial charge in [0.15, 0.2) is 0 Å². The van der Waals surface area contributed by atoms with Crippen molar-refractivity contribution in [3.05, 3.63) is 77.9 Å². The van der Waals surface area contributed by atoms with Crippen molar-refractivity contribution in [2.75, 3.05) is 26.2 Å². The second-order valence-corrected chi connectivity index (χ2v) is 10.3. The third kappa shape index (κ3) is 6.76. The summed E-state index contributed by atoms with van der Waals surface area (Å²) in [5.74, 6) is -0.204. The highest BCUT2D eigenvalue weighted by Crippen LogP contribution is 2.24. The Hall–Kier alpha value is -2.97. The van der Waals surface area contributed by atoms with E-state index < -0.39 is 10.0 Å². The lowest BCUT2D eigenvalue weighted by atomic mass is 9.98. The lowest BCUT2D eigenvalue weighted by molar-refractivity contribution is -0.116. The van der Waals surface area contributed by atoms with E-state index >= 15 is 0 Å². The smallest absolute Gasteiger partial charge is 0.251 e. The Morgan fingerprint density at radius 3 is 2.42 bits per heavy atom. The summed E-state index contributed by atoms with van der Waals surface area (Å²) in [7, 11) is -3.62. The van der Waals surface area contributed by atoms with Crippen molar-refractivity contribution in [1.82, 2.24) is 14.9 Å². The van der Waals surface area contributed by atoms with Crippen molar-refractivity contribution < 1.29 is 18.0 Å². The molecular weight excluding hydrogens is 438 g/mol. The van der Waals surface area contributed by atoms with E-state index in [9.17, 15) is 18.0 Å². The quantitative estimate of drug-likeness (QED) is 0.552. The topological polar surface area (TPSA) is 95.6 Å². The van der Waals surface area contributed by atoms with Gasteiger partial charge in [-0.1, -0.05) is 36.4 Å². The summed E-state index contributed by atoms with van der Waals surface area (Å²) in [6, 6.07) is 14.2. The van der Waals surface area contributed by atoms with E-state index in [1.807, 2.05) is 25.1 Å². The molecule has 2 amide bonds. The zero-order chi connectivity index (χ0) is 23.8. The number of sulfonamides is 1. The van der Waals surface area contributed by atoms with Crippen LogP contribution in [0.25, 0.3) is 0 Å². The number of nitrogens with one attached hydrogen (secondary N) is 2. The number of hydrogen-bond donors (Lipinski definition) is 2. The van der Waals surface area contributed by atoms with E-state index in [0.29, 0.717) is 44.6 Å². The van der Waals surface area contributed by atoms with Gasteiger partial charge in [-0.2, -0.15) is 4.31 Å². The highest BCUT2D eigenvalue weighted by atomic mass is 32.2. The maximum atomic E-state index is 13.0. The molecule has 0 bridgehead atoms. The van der Waals surface area contributed by atoms with Crippen LogP contribution in [-0.4, -0.2) is 50.7 Å². The van der Waals surface area contributed by atoms with E-state index in [0.717, 1.165) is 12.0 Å². The molecular formula is C25H31N3O4S. The normalized spacial score (nSPS) is 15.1. The SMILES string of the molecule is C=CC(=O)NCC1CCN(S(=O)(=O)c2ccc(C(=O)NCCc3cccc(C)c3)cc2)CC1. The number of piperidine rings is 1. The minimum Gasteiger partial charge on any atom is -0.352 e. The molecule has 1 aliphatic heterocycles. The van der Waals surface area contributed by atoms with Crippen LogP contribution >= 0.6 is 0 Å². The molecule has 33 heavy (non-hydrogen) atoms. The number of carbonyl (C=O) groups excluding carboxylic acids is 2. The first-order valence-electron chi connectivity index (χ1n) is 11.1. The molecule has 0 aromatic heterocycles. The van der Waals surface area contributed by atoms with E-state index in [4.69, 9.17) is 0 Å². The maximum Gasteiger partial charge on any atom is 0.251 e. The third-order valence-electron chi connectivity index (χ3n) is 5.86. The zero-order valence-electron chi connectivity index (χ0n) is 18.9. The van der Waals surface area contributed by atoms with Crippen molar-refractivity contribution in [2.45, 2.75) is 31.1 Å². The van der Waals surface area contributed by atoms with Crippen molar-refractivity contribution in [2.24, 2.45) is 5.92 Å². The van der Waals surface area contributed by atoms with Crippen LogP contribution in [-0.2, 0) is 21.2 Å². The molecule has 2 N–H and O–H groups in total. The van der Waals surface area contributed by atoms with Crippen molar-refractivity contribution in [1.29, 1.82) is 0 Å². The summed E-state index contributed by atoms with van der Waals surface area (Å²) in [5.41, 5.74) is 2.76. The fourth-order valence-electron chi connectivity index (χ4n) is 3.89. The van der Waals surface area contributed by atoms with Gasteiger partial charge in [-0.3, -0.25) is 9.59 Å². The maximum absolute atomic E-state index is 13.0. The molecule has 176 valence electrons. The largest absolute Gasteiger partial charge is 0.352 e. The molecule has 2 aromatic carbocycles. The van der Waals surface area contributed by atoms with E-state index in [1.165, 1.54) is 28.1 Å². The molecule has 2 aromatic rings. The summed E-state index contributed by atoms with van der Waals surface area (Å²) >= 11 is 0. The van der Waals surface area contributed by atoms with Crippen molar-refractivity contribution in [3.63, 3.8) is 0 Å². The molecule has 1 fully saturated rings. The highest BCUT2D eigenvalue weighted by Gasteiger charge is 2.29. The molecule has 0 aliphatic carbocycles. The van der Waals surface area contributed by atoms with Gasteiger partial charge in [-0.15, -0.1) is 0 Å². The van der Waals surface area contributed by atoms with Gasteiger partial charge in [-0.25, -0.2) is 8.42 Å². The van der Waals surface area contributed by atoms with E-state index in [2.05, 4.69) is 23.3 Å². The highest BCUT2D eigenvalue weighted by molar-refractivity contribution is 7.89. The first-order chi connectivity index (χ1) is 15.8. The summed E-state index contributed by atoms with van der Waals surface area (Å²) in [6.45, 7) is 7.28. The third-order valence-corrected chi connectivity index (χ3v) is 7.77. The fourth-order valence-corrected chi connectivity index (χ4v) is 5.36. The van der Waals surface area contributed by atoms with Gasteiger partial charge in [0.2, 0.25) is 15.9 Å². The standard InChI is InChI=1S/C25H31N3O4S/c1-3-24(29)27-18-21-12-15-28(16-13-21)33(31,32)23-9-7-22(8-10-23)25(30)26-14-11-20-6-4-5-19(2)17-20/h3-10,17,21H,1,11-16,18H2,2H3,(H,26,30)(H,27,29). The second kappa shape index (κ2) is 11.2. The number of rotatable bonds is 9. The molecule has 0 unspecified atom stereocenters. The Labute approximate surface area is 195 Å². The van der Waals surface area contributed by atoms with Crippen molar-refractivity contribution in [3.8, 4) is 0 Å². The predicted octanol–water partition coefficient (Wildman–Crippen LogP) is 2.67. The molecule has 8 heteroatoms. The lowest BCUT2D eigenvalue weighted by Gasteiger charge is -2.31. The summed E-state index contributed by atoms with van der Waals surface area (Å²) in [4.78, 5) is 23.9. The molecule has 0 saturated carbocycles. The van der Waals surface area contributed by atoms with Gasteiger partial charge < -0.3 is 10.6 Å². The molecule has 1 heterocycles. The lowest BCUT2D eigenvalue weighted by Crippen LogP contribution is -2.41. The van der Waals surface area contributed by atoms with Gasteiger partial charge in [0.05, 0.1) is 4.90 Å². The van der Waals surface area contributed by atoms with Gasteiger partial charge in [0.25, 0.3) is 5.91 Å². The Morgan fingerprint density at radius 1 is 1.09 bits per heavy atom. The molecule has 0 radical (unpaired) electrons. The number of carbonyl (C=O) groups is 2. The van der Waals surface area contributed by atoms with Crippen LogP contribution < -0.4 is 10.6 Å². The van der Waals surface area contributed by atoms with Gasteiger partial charge >= 0.3 is 0 Å². The number of amides is 2. The van der Waals surface area contributed by atoms with Gasteiger partial charge in [0.1, 0.15) is 0 Å². The van der Waals surface area contributed by atoms with E-state index in [-0.39, 0.29) is 22.6 Å². The van der Waals surface area contributed by atoms with Crippen LogP contribution in [0, 0.1) is 12.8 Å². The summed E-state index contributed by atoms with van der Waals surface area (Å²) in [5, 5.41) is 5.65. The molecule has 0 atom stereocenters. The molecule has 3 rings (SSSR count). The average molecular weight is 470 g/mol. The fraction of sp³-hybridized carbons (Fsp3) is 0.360. The van der Waals surface area contributed by atoms with Gasteiger partial charge in [0, 0.05) is 31.7 Å². The number of aryl methyl sites for hydroxylation is 1. The number of hydrogen-bond acceptors (Lipinski definition) is 4. The zero-order valence-corrected chi connectivity index (χ0v) is 19.7. The molecule has 0 spiro atoms. The first kappa shape index (κ1) is 24.7. The van der Waals surface area contributed by atoms with Crippen LogP contribution in [0.1, 0.15) is 34.3 Å². The minimum atomic E-state index is -3.62. The minimum absolute atomic E-state index is 0.178. The molecule has 7 nitrogen and oxygen atoms in total. The van der Waals surface area contributed by atoms with Crippen LogP contribution in [0.2, 0.25) is 0 Å². The van der Waals surface area contributed by atoms with Crippen LogP contribution in [0.4, 0.5) is 0 Å². The van der Waals surface area contributed by atoms with Gasteiger partial charge in [-0.05, 0) is 68.0 Å². The first-order valence-corrected chi connectivity index (χ1v) is 12.6. The number of benzene rings is 2. The van der Waals surface area contributed by atoms with Crippen LogP contribution in [0.5, 0.6) is 0 Å². The molecule has 1 aliphatic rings.